The Morgan fingerprint density at radius 3 is 2.61 bits per heavy atom. The Labute approximate surface area is 186 Å². The molecule has 1 unspecified atom stereocenters. The predicted molar refractivity (Wildman–Crippen MR) is 121 cm³/mol. The number of fused-ring (bicyclic) bond motifs is 1. The summed E-state index contributed by atoms with van der Waals surface area (Å²) in [4.78, 5) is 22.2. The summed E-state index contributed by atoms with van der Waals surface area (Å²) in [6.45, 7) is 7.81. The van der Waals surface area contributed by atoms with E-state index < -0.39 is 0 Å². The minimum Gasteiger partial charge on any atom is -0.493 e. The van der Waals surface area contributed by atoms with Crippen molar-refractivity contribution < 1.29 is 14.3 Å². The number of carbonyl (C=O) groups is 1. The fourth-order valence-electron chi connectivity index (χ4n) is 5.88. The zero-order chi connectivity index (χ0) is 21.0. The van der Waals surface area contributed by atoms with Crippen molar-refractivity contribution in [2.45, 2.75) is 51.4 Å². The van der Waals surface area contributed by atoms with Gasteiger partial charge >= 0.3 is 0 Å². The lowest BCUT2D eigenvalue weighted by atomic mass is 9.77. The molecule has 0 amide bonds. The highest BCUT2D eigenvalue weighted by atomic mass is 16.5. The molecule has 4 heterocycles. The zero-order valence-corrected chi connectivity index (χ0v) is 18.8. The van der Waals surface area contributed by atoms with Crippen LogP contribution in [0.15, 0.2) is 12.3 Å². The van der Waals surface area contributed by atoms with Crippen molar-refractivity contribution in [2.24, 2.45) is 17.8 Å². The lowest BCUT2D eigenvalue weighted by molar-refractivity contribution is -0.124. The Morgan fingerprint density at radius 1 is 1.03 bits per heavy atom. The molecule has 31 heavy (non-hydrogen) atoms. The Kier molecular flexibility index (Phi) is 6.75. The third kappa shape index (κ3) is 5.06. The van der Waals surface area contributed by atoms with Gasteiger partial charge in [0.25, 0.3) is 0 Å². The fraction of sp³-hybridized carbons (Fsp3) is 0.760. The lowest BCUT2D eigenvalue weighted by Gasteiger charge is -2.37. The highest BCUT2D eigenvalue weighted by Crippen LogP contribution is 2.35. The summed E-state index contributed by atoms with van der Waals surface area (Å²) >= 11 is 0. The molecule has 0 radical (unpaired) electrons. The van der Waals surface area contributed by atoms with E-state index >= 15 is 0 Å². The number of carbonyl (C=O) groups excluding carboxylic acids is 1. The highest BCUT2D eigenvalue weighted by Gasteiger charge is 2.29. The van der Waals surface area contributed by atoms with E-state index in [-0.39, 0.29) is 5.92 Å². The van der Waals surface area contributed by atoms with Crippen LogP contribution in [0.1, 0.15) is 50.5 Å². The third-order valence-corrected chi connectivity index (χ3v) is 7.97. The van der Waals surface area contributed by atoms with Crippen LogP contribution in [0, 0.1) is 17.8 Å². The van der Waals surface area contributed by atoms with Crippen LogP contribution in [-0.4, -0.2) is 68.2 Å². The average Bonchev–Trinajstić information content (AvgIpc) is 3.51. The van der Waals surface area contributed by atoms with Crippen LogP contribution in [0.5, 0.6) is 5.75 Å². The van der Waals surface area contributed by atoms with Gasteiger partial charge in [-0.25, -0.2) is 4.98 Å². The molecule has 0 N–H and O–H groups in total. The molecule has 0 aromatic carbocycles. The van der Waals surface area contributed by atoms with Gasteiger partial charge in [0, 0.05) is 63.3 Å². The molecule has 6 nitrogen and oxygen atoms in total. The molecule has 4 aliphatic rings. The summed E-state index contributed by atoms with van der Waals surface area (Å²) < 4.78 is 11.1. The number of hydrogen-bond acceptors (Lipinski definition) is 6. The van der Waals surface area contributed by atoms with Gasteiger partial charge in [-0.2, -0.15) is 0 Å². The Hall–Kier alpha value is -1.66. The summed E-state index contributed by atoms with van der Waals surface area (Å²) in [7, 11) is 0. The Morgan fingerprint density at radius 2 is 1.84 bits per heavy atom. The van der Waals surface area contributed by atoms with Crippen molar-refractivity contribution in [3.05, 3.63) is 17.8 Å². The van der Waals surface area contributed by atoms with Crippen molar-refractivity contribution in [3.8, 4) is 5.75 Å². The number of hydrogen-bond donors (Lipinski definition) is 0. The molecule has 5 rings (SSSR count). The van der Waals surface area contributed by atoms with Crippen molar-refractivity contribution in [2.75, 3.05) is 57.4 Å². The molecule has 2 saturated heterocycles. The van der Waals surface area contributed by atoms with Gasteiger partial charge in [0.2, 0.25) is 0 Å². The van der Waals surface area contributed by atoms with Crippen LogP contribution >= 0.6 is 0 Å². The van der Waals surface area contributed by atoms with Crippen LogP contribution in [0.2, 0.25) is 0 Å². The third-order valence-electron chi connectivity index (χ3n) is 7.97. The molecule has 1 aromatic rings. The lowest BCUT2D eigenvalue weighted by Crippen LogP contribution is -2.47. The van der Waals surface area contributed by atoms with Gasteiger partial charge in [-0.1, -0.05) is 12.8 Å². The van der Waals surface area contributed by atoms with E-state index in [2.05, 4.69) is 14.8 Å². The van der Waals surface area contributed by atoms with Crippen molar-refractivity contribution in [1.29, 1.82) is 0 Å². The quantitative estimate of drug-likeness (QED) is 0.665. The largest absolute Gasteiger partial charge is 0.493 e. The van der Waals surface area contributed by atoms with Crippen LogP contribution in [0.4, 0.5) is 5.82 Å². The summed E-state index contributed by atoms with van der Waals surface area (Å²) in [5.41, 5.74) is 1.30. The fourth-order valence-corrected chi connectivity index (χ4v) is 5.88. The van der Waals surface area contributed by atoms with Gasteiger partial charge in [0.15, 0.2) is 0 Å². The first-order valence-corrected chi connectivity index (χ1v) is 12.4. The standard InChI is InChI=1S/C25H37N3O3/c29-23(21-7-15-30-18-21)17-20-3-1-19(2-4-20)6-10-27-11-13-28(14-12-27)25-22-8-16-31-24(22)5-9-26-25/h5,9,19-21H,1-4,6-8,10-18H2. The minimum absolute atomic E-state index is 0.191. The van der Waals surface area contributed by atoms with Gasteiger partial charge < -0.3 is 14.4 Å². The minimum atomic E-state index is 0.191. The molecule has 1 saturated carbocycles. The maximum Gasteiger partial charge on any atom is 0.138 e. The van der Waals surface area contributed by atoms with E-state index in [1.54, 1.807) is 0 Å². The second kappa shape index (κ2) is 9.86. The van der Waals surface area contributed by atoms with E-state index in [9.17, 15) is 4.79 Å². The molecule has 0 bridgehead atoms. The molecule has 3 fully saturated rings. The number of ether oxygens (including phenoxy) is 2. The number of rotatable bonds is 7. The van der Waals surface area contributed by atoms with E-state index in [1.807, 2.05) is 12.3 Å². The summed E-state index contributed by atoms with van der Waals surface area (Å²) in [5, 5.41) is 0. The topological polar surface area (TPSA) is 54.9 Å². The summed E-state index contributed by atoms with van der Waals surface area (Å²) in [5.74, 6) is 4.29. The van der Waals surface area contributed by atoms with Gasteiger partial charge in [-0.15, -0.1) is 0 Å². The van der Waals surface area contributed by atoms with Crippen LogP contribution in [0.3, 0.4) is 0 Å². The molecule has 170 valence electrons. The number of piperazine rings is 1. The molecule has 1 atom stereocenters. The van der Waals surface area contributed by atoms with Gasteiger partial charge in [-0.05, 0) is 50.1 Å². The monoisotopic (exact) mass is 427 g/mol. The van der Waals surface area contributed by atoms with Crippen LogP contribution < -0.4 is 9.64 Å². The predicted octanol–water partition coefficient (Wildman–Crippen LogP) is 3.33. The molecule has 3 aliphatic heterocycles. The molecular weight excluding hydrogens is 390 g/mol. The van der Waals surface area contributed by atoms with Crippen molar-refractivity contribution in [1.82, 2.24) is 9.88 Å². The summed E-state index contributed by atoms with van der Waals surface area (Å²) in [6, 6.07) is 2.00. The Bertz CT molecular complexity index is 748. The smallest absolute Gasteiger partial charge is 0.138 e. The number of nitrogens with zero attached hydrogens (tertiary/aromatic N) is 3. The highest BCUT2D eigenvalue weighted by molar-refractivity contribution is 5.81. The molecule has 1 aliphatic carbocycles. The van der Waals surface area contributed by atoms with E-state index in [0.29, 0.717) is 18.3 Å². The first-order chi connectivity index (χ1) is 15.3. The number of anilines is 1. The Balaban J connectivity index is 1.01. The first-order valence-electron chi connectivity index (χ1n) is 12.4. The number of aromatic nitrogens is 1. The van der Waals surface area contributed by atoms with Gasteiger partial charge in [0.1, 0.15) is 17.4 Å². The second-order valence-electron chi connectivity index (χ2n) is 9.94. The number of ketones is 1. The van der Waals surface area contributed by atoms with Gasteiger partial charge in [-0.3, -0.25) is 9.69 Å². The second-order valence-corrected chi connectivity index (χ2v) is 9.94. The molecule has 0 spiro atoms. The van der Waals surface area contributed by atoms with E-state index in [1.165, 1.54) is 44.2 Å². The normalized spacial score (nSPS) is 29.0. The van der Waals surface area contributed by atoms with E-state index in [4.69, 9.17) is 9.47 Å². The maximum atomic E-state index is 12.4. The molecular formula is C25H37N3O3. The zero-order valence-electron chi connectivity index (χ0n) is 18.8. The first kappa shape index (κ1) is 21.2. The molecule has 6 heteroatoms. The van der Waals surface area contributed by atoms with E-state index in [0.717, 1.165) is 76.1 Å². The number of pyridine rings is 1. The number of Topliss-reactive ketones (excluding diaryl/α,β-unsaturated/α-hetero) is 1. The molecule has 1 aromatic heterocycles. The maximum absolute atomic E-state index is 12.4. The SMILES string of the molecule is O=C(CC1CCC(CCN2CCN(c3nccc4c3CCO4)CC2)CC1)C1CCOC1. The summed E-state index contributed by atoms with van der Waals surface area (Å²) in [6.07, 6.45) is 11.0. The van der Waals surface area contributed by atoms with Crippen LogP contribution in [-0.2, 0) is 16.0 Å². The van der Waals surface area contributed by atoms with Crippen molar-refractivity contribution in [3.63, 3.8) is 0 Å². The van der Waals surface area contributed by atoms with Gasteiger partial charge in [0.05, 0.1) is 13.2 Å². The van der Waals surface area contributed by atoms with Crippen molar-refractivity contribution >= 4 is 11.6 Å². The average molecular weight is 428 g/mol. The van der Waals surface area contributed by atoms with Crippen LogP contribution in [0.25, 0.3) is 0 Å².